The molecule has 0 amide bonds. The molecule has 0 radical (unpaired) electrons. The zero-order valence-electron chi connectivity index (χ0n) is 14.1. The Kier molecular flexibility index (Phi) is 5.05. The van der Waals surface area contributed by atoms with Gasteiger partial charge < -0.3 is 24.8 Å². The lowest BCUT2D eigenvalue weighted by atomic mass is 10.00. The van der Waals surface area contributed by atoms with Crippen LogP contribution in [-0.2, 0) is 11.2 Å². The number of fused-ring (bicyclic) bond motifs is 1. The summed E-state index contributed by atoms with van der Waals surface area (Å²) in [6.45, 7) is 3.55. The molecule has 3 heterocycles. The van der Waals surface area contributed by atoms with E-state index in [1.807, 2.05) is 6.92 Å². The number of rotatable bonds is 4. The van der Waals surface area contributed by atoms with Crippen LogP contribution in [0.5, 0.6) is 5.75 Å². The Morgan fingerprint density at radius 2 is 2.04 bits per heavy atom. The summed E-state index contributed by atoms with van der Waals surface area (Å²) in [5.74, 6) is 0.238. The van der Waals surface area contributed by atoms with Crippen molar-refractivity contribution in [2.75, 3.05) is 0 Å². The summed E-state index contributed by atoms with van der Waals surface area (Å²) >= 11 is 0. The molecule has 136 valence electrons. The molecule has 8 heteroatoms. The molecule has 3 rings (SSSR count). The molecule has 1 fully saturated rings. The van der Waals surface area contributed by atoms with E-state index in [-0.39, 0.29) is 17.0 Å². The molecule has 0 spiro atoms. The molecule has 0 saturated carbocycles. The molecular weight excluding hydrogens is 328 g/mol. The molecular formula is C17H22N2O6. The Hall–Kier alpha value is -2.00. The minimum Gasteiger partial charge on any atom is -0.458 e. The van der Waals surface area contributed by atoms with Gasteiger partial charge in [0.2, 0.25) is 6.29 Å². The maximum atomic E-state index is 12.5. The van der Waals surface area contributed by atoms with Crippen LogP contribution in [0.3, 0.4) is 0 Å². The summed E-state index contributed by atoms with van der Waals surface area (Å²) in [4.78, 5) is 16.8. The molecule has 1 saturated heterocycles. The van der Waals surface area contributed by atoms with E-state index in [4.69, 9.17) is 9.47 Å². The molecule has 25 heavy (non-hydrogen) atoms. The fourth-order valence-electron chi connectivity index (χ4n) is 2.89. The molecule has 3 N–H and O–H groups in total. The number of aliphatic hydroxyl groups excluding tert-OH is 3. The van der Waals surface area contributed by atoms with Crippen LogP contribution in [0.1, 0.15) is 25.8 Å². The first kappa shape index (κ1) is 17.8. The number of pyridine rings is 1. The van der Waals surface area contributed by atoms with Gasteiger partial charge in [-0.25, -0.2) is 4.98 Å². The van der Waals surface area contributed by atoms with Crippen molar-refractivity contribution in [1.29, 1.82) is 0 Å². The average Bonchev–Trinajstić information content (AvgIpc) is 2.61. The van der Waals surface area contributed by atoms with Gasteiger partial charge in [0.1, 0.15) is 18.3 Å². The van der Waals surface area contributed by atoms with Crippen LogP contribution in [0.25, 0.3) is 5.65 Å². The number of ether oxygens (including phenoxy) is 2. The van der Waals surface area contributed by atoms with Crippen LogP contribution in [0.4, 0.5) is 0 Å². The highest BCUT2D eigenvalue weighted by Crippen LogP contribution is 2.25. The number of aliphatic hydroxyl groups is 3. The maximum Gasteiger partial charge on any atom is 0.261 e. The zero-order chi connectivity index (χ0) is 18.1. The quantitative estimate of drug-likeness (QED) is 0.703. The number of hydrogen-bond acceptors (Lipinski definition) is 7. The summed E-state index contributed by atoms with van der Waals surface area (Å²) in [5.41, 5.74) is 0.723. The Morgan fingerprint density at radius 3 is 2.76 bits per heavy atom. The van der Waals surface area contributed by atoms with E-state index in [0.29, 0.717) is 12.0 Å². The minimum absolute atomic E-state index is 0.175. The zero-order valence-corrected chi connectivity index (χ0v) is 14.1. The molecule has 0 bridgehead atoms. The standard InChI is InChI=1S/C17H22N2O6/c1-3-5-10-8-18-15-11(6-4-7-19(15)16(10)23)25-17-14(22)13(21)12(20)9(2)24-17/h4,6-9,12-14,17,20-22H,3,5H2,1-2H3/t9?,12?,13-,14?,17+/m1/s1. The van der Waals surface area contributed by atoms with Crippen LogP contribution in [0, 0.1) is 0 Å². The van der Waals surface area contributed by atoms with Gasteiger partial charge in [-0.1, -0.05) is 13.3 Å². The van der Waals surface area contributed by atoms with E-state index in [2.05, 4.69) is 4.98 Å². The molecule has 8 nitrogen and oxygen atoms in total. The monoisotopic (exact) mass is 350 g/mol. The van der Waals surface area contributed by atoms with E-state index in [1.54, 1.807) is 25.3 Å². The normalized spacial score (nSPS) is 29.7. The smallest absolute Gasteiger partial charge is 0.261 e. The first-order valence-corrected chi connectivity index (χ1v) is 8.29. The van der Waals surface area contributed by atoms with Crippen molar-refractivity contribution in [2.45, 2.75) is 57.4 Å². The largest absolute Gasteiger partial charge is 0.458 e. The van der Waals surface area contributed by atoms with Gasteiger partial charge in [-0.15, -0.1) is 0 Å². The number of hydrogen-bond donors (Lipinski definition) is 3. The molecule has 2 aromatic rings. The Labute approximate surface area is 144 Å². The van der Waals surface area contributed by atoms with E-state index in [0.717, 1.165) is 6.42 Å². The maximum absolute atomic E-state index is 12.5. The van der Waals surface area contributed by atoms with Crippen molar-refractivity contribution >= 4 is 5.65 Å². The molecule has 0 aromatic carbocycles. The molecule has 1 aliphatic rings. The van der Waals surface area contributed by atoms with Crippen LogP contribution in [0.2, 0.25) is 0 Å². The van der Waals surface area contributed by atoms with E-state index in [1.165, 1.54) is 10.6 Å². The van der Waals surface area contributed by atoms with Crippen LogP contribution in [-0.4, -0.2) is 55.4 Å². The van der Waals surface area contributed by atoms with Crippen molar-refractivity contribution in [3.8, 4) is 5.75 Å². The first-order chi connectivity index (χ1) is 11.9. The van der Waals surface area contributed by atoms with Gasteiger partial charge in [0.25, 0.3) is 5.56 Å². The van der Waals surface area contributed by atoms with Crippen molar-refractivity contribution in [2.24, 2.45) is 0 Å². The molecule has 1 aliphatic heterocycles. The Balaban J connectivity index is 1.94. The second kappa shape index (κ2) is 7.09. The van der Waals surface area contributed by atoms with Crippen molar-refractivity contribution in [1.82, 2.24) is 9.38 Å². The van der Waals surface area contributed by atoms with Gasteiger partial charge in [-0.2, -0.15) is 0 Å². The highest BCUT2D eigenvalue weighted by atomic mass is 16.7. The Bertz CT molecular complexity index is 807. The van der Waals surface area contributed by atoms with Crippen molar-refractivity contribution < 1.29 is 24.8 Å². The number of aryl methyl sites for hydroxylation is 1. The highest BCUT2D eigenvalue weighted by Gasteiger charge is 2.43. The predicted molar refractivity (Wildman–Crippen MR) is 88.4 cm³/mol. The van der Waals surface area contributed by atoms with E-state index in [9.17, 15) is 20.1 Å². The summed E-state index contributed by atoms with van der Waals surface area (Å²) in [6, 6.07) is 3.23. The number of nitrogens with zero attached hydrogens (tertiary/aromatic N) is 2. The van der Waals surface area contributed by atoms with Crippen molar-refractivity contribution in [3.63, 3.8) is 0 Å². The predicted octanol–water partition coefficient (Wildman–Crippen LogP) is -0.147. The minimum atomic E-state index is -1.43. The molecule has 2 aromatic heterocycles. The van der Waals surface area contributed by atoms with Gasteiger partial charge >= 0.3 is 0 Å². The van der Waals surface area contributed by atoms with E-state index >= 15 is 0 Å². The van der Waals surface area contributed by atoms with Crippen molar-refractivity contribution in [3.05, 3.63) is 40.4 Å². The van der Waals surface area contributed by atoms with Gasteiger partial charge in [-0.05, 0) is 25.5 Å². The fraction of sp³-hybridized carbons (Fsp3) is 0.529. The summed E-state index contributed by atoms with van der Waals surface area (Å²) < 4.78 is 12.5. The third kappa shape index (κ3) is 3.25. The van der Waals surface area contributed by atoms with Crippen LogP contribution >= 0.6 is 0 Å². The number of aromatic nitrogens is 2. The first-order valence-electron chi connectivity index (χ1n) is 8.29. The molecule has 3 unspecified atom stereocenters. The van der Waals surface area contributed by atoms with Gasteiger partial charge in [0.15, 0.2) is 11.4 Å². The lowest BCUT2D eigenvalue weighted by molar-refractivity contribution is -0.267. The third-order valence-electron chi connectivity index (χ3n) is 4.34. The second-order valence-electron chi connectivity index (χ2n) is 6.20. The fourth-order valence-corrected chi connectivity index (χ4v) is 2.89. The Morgan fingerprint density at radius 1 is 1.28 bits per heavy atom. The van der Waals surface area contributed by atoms with Gasteiger partial charge in [0, 0.05) is 18.0 Å². The average molecular weight is 350 g/mol. The summed E-state index contributed by atoms with van der Waals surface area (Å²) in [7, 11) is 0. The van der Waals surface area contributed by atoms with Crippen LogP contribution in [0.15, 0.2) is 29.3 Å². The van der Waals surface area contributed by atoms with Gasteiger partial charge in [0.05, 0.1) is 6.10 Å². The lowest BCUT2D eigenvalue weighted by Crippen LogP contribution is -2.58. The lowest BCUT2D eigenvalue weighted by Gasteiger charge is -2.38. The second-order valence-corrected chi connectivity index (χ2v) is 6.20. The third-order valence-corrected chi connectivity index (χ3v) is 4.34. The highest BCUT2D eigenvalue weighted by molar-refractivity contribution is 5.53. The SMILES string of the molecule is CCCc1cnc2c(O[C@@H]3OC(C)C(O)[C@@H](O)C3O)cccn2c1=O. The van der Waals surface area contributed by atoms with Crippen LogP contribution < -0.4 is 10.3 Å². The molecule has 0 aliphatic carbocycles. The van der Waals surface area contributed by atoms with Gasteiger partial charge in [-0.3, -0.25) is 9.20 Å². The molecule has 5 atom stereocenters. The topological polar surface area (TPSA) is 114 Å². The van der Waals surface area contributed by atoms with E-state index < -0.39 is 30.7 Å². The summed E-state index contributed by atoms with van der Waals surface area (Å²) in [6.07, 6.45) is -1.36. The summed E-state index contributed by atoms with van der Waals surface area (Å²) in [5, 5.41) is 29.7.